The number of carbonyl (C=O) groups is 1. The number of hydrogen-bond acceptors (Lipinski definition) is 4. The van der Waals surface area contributed by atoms with Gasteiger partial charge < -0.3 is 10.4 Å². The number of amides is 1. The average molecular weight is 351 g/mol. The van der Waals surface area contributed by atoms with E-state index in [1.807, 2.05) is 11.4 Å². The van der Waals surface area contributed by atoms with Crippen LogP contribution in [0, 0.1) is 11.8 Å². The number of rotatable bonds is 3. The van der Waals surface area contributed by atoms with Crippen LogP contribution in [0.25, 0.3) is 0 Å². The van der Waals surface area contributed by atoms with Crippen LogP contribution >= 0.6 is 27.3 Å². The Kier molecular flexibility index (Phi) is 5.30. The van der Waals surface area contributed by atoms with Crippen LogP contribution in [0.3, 0.4) is 0 Å². The molecule has 0 aliphatic carbocycles. The Morgan fingerprint density at radius 3 is 3.10 bits per heavy atom. The van der Waals surface area contributed by atoms with Gasteiger partial charge in [-0.05, 0) is 28.1 Å². The average Bonchev–Trinajstić information content (AvgIpc) is 2.88. The smallest absolute Gasteiger partial charge is 0.252 e. The first-order valence-corrected chi connectivity index (χ1v) is 7.43. The summed E-state index contributed by atoms with van der Waals surface area (Å²) in [6, 6.07) is 3.57. The first-order valence-electron chi connectivity index (χ1n) is 5.75. The van der Waals surface area contributed by atoms with E-state index in [1.165, 1.54) is 6.20 Å². The zero-order chi connectivity index (χ0) is 14.4. The van der Waals surface area contributed by atoms with Crippen LogP contribution in [-0.4, -0.2) is 22.6 Å². The summed E-state index contributed by atoms with van der Waals surface area (Å²) < 4.78 is 1.00. The third kappa shape index (κ3) is 3.90. The number of nitrogens with one attached hydrogen (secondary N) is 1. The van der Waals surface area contributed by atoms with E-state index in [2.05, 4.69) is 38.1 Å². The quantitative estimate of drug-likeness (QED) is 0.834. The number of hydrogen-bond donors (Lipinski definition) is 2. The van der Waals surface area contributed by atoms with Gasteiger partial charge in [0.25, 0.3) is 5.91 Å². The van der Waals surface area contributed by atoms with Crippen molar-refractivity contribution in [1.82, 2.24) is 10.3 Å². The number of aliphatic hydroxyl groups excluding tert-OH is 1. The monoisotopic (exact) mass is 350 g/mol. The third-order valence-electron chi connectivity index (χ3n) is 2.41. The zero-order valence-corrected chi connectivity index (χ0v) is 12.8. The van der Waals surface area contributed by atoms with Crippen LogP contribution in [-0.2, 0) is 6.54 Å². The molecule has 0 unspecified atom stereocenters. The number of thiophene rings is 1. The van der Waals surface area contributed by atoms with Crippen molar-refractivity contribution in [3.63, 3.8) is 0 Å². The molecule has 0 atom stereocenters. The van der Waals surface area contributed by atoms with Crippen molar-refractivity contribution >= 4 is 33.2 Å². The summed E-state index contributed by atoms with van der Waals surface area (Å²) in [4.78, 5) is 17.1. The molecule has 20 heavy (non-hydrogen) atoms. The summed E-state index contributed by atoms with van der Waals surface area (Å²) in [5.74, 6) is 5.03. The molecule has 0 saturated carbocycles. The molecular weight excluding hydrogens is 340 g/mol. The van der Waals surface area contributed by atoms with E-state index >= 15 is 0 Å². The topological polar surface area (TPSA) is 62.2 Å². The number of halogens is 1. The van der Waals surface area contributed by atoms with E-state index in [0.29, 0.717) is 17.7 Å². The van der Waals surface area contributed by atoms with Crippen LogP contribution < -0.4 is 5.32 Å². The van der Waals surface area contributed by atoms with E-state index in [0.717, 1.165) is 9.35 Å². The molecule has 6 heteroatoms. The van der Waals surface area contributed by atoms with E-state index < -0.39 is 0 Å². The van der Waals surface area contributed by atoms with Crippen LogP contribution in [0.5, 0.6) is 0 Å². The van der Waals surface area contributed by atoms with Gasteiger partial charge in [0.15, 0.2) is 0 Å². The Morgan fingerprint density at radius 1 is 1.55 bits per heavy atom. The molecule has 0 aliphatic rings. The Labute approximate surface area is 129 Å². The highest BCUT2D eigenvalue weighted by molar-refractivity contribution is 9.10. The van der Waals surface area contributed by atoms with Gasteiger partial charge in [-0.2, -0.15) is 0 Å². The zero-order valence-electron chi connectivity index (χ0n) is 10.4. The minimum Gasteiger partial charge on any atom is -0.384 e. The van der Waals surface area contributed by atoms with Crippen molar-refractivity contribution < 1.29 is 9.90 Å². The predicted octanol–water partition coefficient (Wildman–Crippen LogP) is 2.18. The molecule has 1 amide bonds. The van der Waals surface area contributed by atoms with Crippen molar-refractivity contribution in [2.45, 2.75) is 6.54 Å². The molecule has 2 aromatic heterocycles. The summed E-state index contributed by atoms with van der Waals surface area (Å²) in [6.45, 7) is 0.212. The van der Waals surface area contributed by atoms with Crippen LogP contribution in [0.2, 0.25) is 0 Å². The van der Waals surface area contributed by atoms with Crippen molar-refractivity contribution in [1.29, 1.82) is 0 Å². The molecule has 2 rings (SSSR count). The minimum absolute atomic E-state index is 0.209. The molecule has 0 fully saturated rings. The van der Waals surface area contributed by atoms with E-state index in [4.69, 9.17) is 5.11 Å². The summed E-state index contributed by atoms with van der Waals surface area (Å²) in [5, 5.41) is 13.5. The predicted molar refractivity (Wildman–Crippen MR) is 81.4 cm³/mol. The van der Waals surface area contributed by atoms with Crippen molar-refractivity contribution in [3.05, 3.63) is 50.4 Å². The molecule has 0 saturated heterocycles. The number of carbonyl (C=O) groups excluding carboxylic acids is 1. The van der Waals surface area contributed by atoms with Crippen LogP contribution in [0.4, 0.5) is 0 Å². The van der Waals surface area contributed by atoms with Crippen LogP contribution in [0.15, 0.2) is 34.4 Å². The SMILES string of the molecule is O=C(NCc1cc(Br)cs1)c1ccncc1C#CCO. The van der Waals surface area contributed by atoms with E-state index in [-0.39, 0.29) is 12.5 Å². The van der Waals surface area contributed by atoms with E-state index in [9.17, 15) is 4.79 Å². The molecule has 0 aromatic carbocycles. The molecule has 102 valence electrons. The Balaban J connectivity index is 2.09. The fraction of sp³-hybridized carbons (Fsp3) is 0.143. The van der Waals surface area contributed by atoms with Crippen LogP contribution in [0.1, 0.15) is 20.8 Å². The maximum absolute atomic E-state index is 12.1. The Bertz CT molecular complexity index is 673. The highest BCUT2D eigenvalue weighted by Crippen LogP contribution is 2.19. The second-order valence-electron chi connectivity index (χ2n) is 3.80. The van der Waals surface area contributed by atoms with Gasteiger partial charge in [-0.1, -0.05) is 11.8 Å². The molecule has 0 radical (unpaired) electrons. The first kappa shape index (κ1) is 14.7. The lowest BCUT2D eigenvalue weighted by atomic mass is 10.1. The highest BCUT2D eigenvalue weighted by atomic mass is 79.9. The molecule has 0 spiro atoms. The lowest BCUT2D eigenvalue weighted by Crippen LogP contribution is -2.23. The van der Waals surface area contributed by atoms with Gasteiger partial charge in [0, 0.05) is 27.1 Å². The van der Waals surface area contributed by atoms with Gasteiger partial charge in [0.1, 0.15) is 6.61 Å². The Morgan fingerprint density at radius 2 is 2.40 bits per heavy atom. The van der Waals surface area contributed by atoms with E-state index in [1.54, 1.807) is 23.6 Å². The highest BCUT2D eigenvalue weighted by Gasteiger charge is 2.10. The molecule has 2 N–H and O–H groups in total. The first-order chi connectivity index (χ1) is 9.70. The van der Waals surface area contributed by atoms with Gasteiger partial charge in [-0.3, -0.25) is 9.78 Å². The fourth-order valence-electron chi connectivity index (χ4n) is 1.54. The third-order valence-corrected chi connectivity index (χ3v) is 4.11. The molecular formula is C14H11BrN2O2S. The van der Waals surface area contributed by atoms with Crippen molar-refractivity contribution in [2.24, 2.45) is 0 Å². The van der Waals surface area contributed by atoms with Crippen molar-refractivity contribution in [3.8, 4) is 11.8 Å². The lowest BCUT2D eigenvalue weighted by Gasteiger charge is -2.05. The normalized spacial score (nSPS) is 9.70. The van der Waals surface area contributed by atoms with Gasteiger partial charge in [0.2, 0.25) is 0 Å². The summed E-state index contributed by atoms with van der Waals surface area (Å²) in [6.07, 6.45) is 3.06. The fourth-order valence-corrected chi connectivity index (χ4v) is 2.93. The molecule has 0 aliphatic heterocycles. The van der Waals surface area contributed by atoms with Gasteiger partial charge >= 0.3 is 0 Å². The maximum Gasteiger partial charge on any atom is 0.252 e. The summed E-state index contributed by atoms with van der Waals surface area (Å²) in [7, 11) is 0. The molecule has 4 nitrogen and oxygen atoms in total. The number of nitrogens with zero attached hydrogens (tertiary/aromatic N) is 1. The molecule has 2 aromatic rings. The largest absolute Gasteiger partial charge is 0.384 e. The summed E-state index contributed by atoms with van der Waals surface area (Å²) >= 11 is 4.94. The maximum atomic E-state index is 12.1. The number of aliphatic hydroxyl groups is 1. The van der Waals surface area contributed by atoms with Crippen molar-refractivity contribution in [2.75, 3.05) is 6.61 Å². The standard InChI is InChI=1S/C14H11BrN2O2S/c15-11-6-12(20-9-11)8-17-14(19)13-3-4-16-7-10(13)2-1-5-18/h3-4,6-7,9,18H,5,8H2,(H,17,19). The molecule has 0 bridgehead atoms. The second kappa shape index (κ2) is 7.20. The van der Waals surface area contributed by atoms with Gasteiger partial charge in [-0.25, -0.2) is 0 Å². The Hall–Kier alpha value is -1.68. The molecule has 2 heterocycles. The van der Waals surface area contributed by atoms with Gasteiger partial charge in [0.05, 0.1) is 17.7 Å². The summed E-state index contributed by atoms with van der Waals surface area (Å²) in [5.41, 5.74) is 0.961. The van der Waals surface area contributed by atoms with Gasteiger partial charge in [-0.15, -0.1) is 11.3 Å². The number of aromatic nitrogens is 1. The minimum atomic E-state index is -0.251. The second-order valence-corrected chi connectivity index (χ2v) is 5.71. The number of pyridine rings is 1. The lowest BCUT2D eigenvalue weighted by molar-refractivity contribution is 0.0951.